The van der Waals surface area contributed by atoms with Crippen molar-refractivity contribution in [3.05, 3.63) is 62.6 Å². The molecule has 1 amide bonds. The Morgan fingerprint density at radius 2 is 1.79 bits per heavy atom. The Balaban J connectivity index is 2.28. The van der Waals surface area contributed by atoms with Crippen LogP contribution in [0.2, 0.25) is 5.02 Å². The number of benzene rings is 2. The lowest BCUT2D eigenvalue weighted by atomic mass is 10.0. The van der Waals surface area contributed by atoms with Gasteiger partial charge in [0.15, 0.2) is 0 Å². The topological polar surface area (TPSA) is 29.1 Å². The first-order chi connectivity index (χ1) is 8.99. The van der Waals surface area contributed by atoms with Crippen LogP contribution in [0.3, 0.4) is 0 Å². The number of carbonyl (C=O) groups excluding carboxylic acids is 1. The van der Waals surface area contributed by atoms with Gasteiger partial charge in [0.1, 0.15) is 0 Å². The summed E-state index contributed by atoms with van der Waals surface area (Å²) in [7, 11) is 0. The summed E-state index contributed by atoms with van der Waals surface area (Å²) in [6.45, 7) is 3.86. The second kappa shape index (κ2) is 5.76. The summed E-state index contributed by atoms with van der Waals surface area (Å²) in [6, 6.07) is 11.1. The number of hydrogen-bond donors (Lipinski definition) is 1. The Kier molecular flexibility index (Phi) is 4.27. The molecule has 2 rings (SSSR count). The van der Waals surface area contributed by atoms with Gasteiger partial charge in [0.25, 0.3) is 5.91 Å². The minimum absolute atomic E-state index is 0.107. The van der Waals surface area contributed by atoms with Crippen molar-refractivity contribution < 1.29 is 4.79 Å². The van der Waals surface area contributed by atoms with Crippen LogP contribution in [0.5, 0.6) is 0 Å². The number of aryl methyl sites for hydroxylation is 2. The minimum atomic E-state index is -0.107. The molecule has 0 saturated heterocycles. The van der Waals surface area contributed by atoms with Gasteiger partial charge >= 0.3 is 0 Å². The first-order valence-electron chi connectivity index (χ1n) is 5.81. The normalized spacial score (nSPS) is 10.3. The van der Waals surface area contributed by atoms with Gasteiger partial charge in [-0.25, -0.2) is 0 Å². The van der Waals surface area contributed by atoms with E-state index in [2.05, 4.69) is 21.2 Å². The van der Waals surface area contributed by atoms with Crippen molar-refractivity contribution >= 4 is 39.1 Å². The molecule has 1 N–H and O–H groups in total. The van der Waals surface area contributed by atoms with Crippen LogP contribution in [0.1, 0.15) is 21.5 Å². The number of amides is 1. The van der Waals surface area contributed by atoms with E-state index < -0.39 is 0 Å². The van der Waals surface area contributed by atoms with Crippen LogP contribution in [0, 0.1) is 13.8 Å². The summed E-state index contributed by atoms with van der Waals surface area (Å²) in [5, 5.41) is 3.50. The fourth-order valence-corrected chi connectivity index (χ4v) is 2.44. The first-order valence-corrected chi connectivity index (χ1v) is 6.99. The molecule has 2 aromatic carbocycles. The average molecular weight is 339 g/mol. The van der Waals surface area contributed by atoms with Gasteiger partial charge in [0.2, 0.25) is 0 Å². The highest BCUT2D eigenvalue weighted by molar-refractivity contribution is 9.10. The van der Waals surface area contributed by atoms with Crippen molar-refractivity contribution in [1.82, 2.24) is 0 Å². The largest absolute Gasteiger partial charge is 0.322 e. The third-order valence-electron chi connectivity index (χ3n) is 2.89. The molecule has 0 radical (unpaired) electrons. The van der Waals surface area contributed by atoms with Gasteiger partial charge in [0, 0.05) is 15.7 Å². The van der Waals surface area contributed by atoms with Gasteiger partial charge < -0.3 is 5.32 Å². The van der Waals surface area contributed by atoms with E-state index in [-0.39, 0.29) is 5.91 Å². The van der Waals surface area contributed by atoms with Crippen LogP contribution in [0.15, 0.2) is 40.9 Å². The van der Waals surface area contributed by atoms with E-state index >= 15 is 0 Å². The minimum Gasteiger partial charge on any atom is -0.322 e. The monoisotopic (exact) mass is 337 g/mol. The molecule has 0 unspecified atom stereocenters. The van der Waals surface area contributed by atoms with E-state index in [0.717, 1.165) is 15.6 Å². The van der Waals surface area contributed by atoms with E-state index in [1.165, 1.54) is 0 Å². The fraction of sp³-hybridized carbons (Fsp3) is 0.133. The predicted octanol–water partition coefficient (Wildman–Crippen LogP) is 4.97. The molecule has 0 bridgehead atoms. The maximum Gasteiger partial charge on any atom is 0.256 e. The van der Waals surface area contributed by atoms with Crippen LogP contribution in [0.4, 0.5) is 5.69 Å². The molecule has 0 aliphatic carbocycles. The lowest BCUT2D eigenvalue weighted by Crippen LogP contribution is -2.14. The van der Waals surface area contributed by atoms with Gasteiger partial charge in [-0.1, -0.05) is 29.8 Å². The molecule has 0 heterocycles. The van der Waals surface area contributed by atoms with E-state index in [1.807, 2.05) is 32.0 Å². The zero-order valence-electron chi connectivity index (χ0n) is 10.6. The van der Waals surface area contributed by atoms with Crippen LogP contribution >= 0.6 is 27.5 Å². The summed E-state index contributed by atoms with van der Waals surface area (Å²) in [4.78, 5) is 12.3. The van der Waals surface area contributed by atoms with Crippen LogP contribution in [-0.4, -0.2) is 5.91 Å². The Morgan fingerprint density at radius 3 is 2.37 bits per heavy atom. The van der Waals surface area contributed by atoms with Crippen molar-refractivity contribution in [2.45, 2.75) is 13.8 Å². The number of halogens is 2. The smallest absolute Gasteiger partial charge is 0.256 e. The van der Waals surface area contributed by atoms with E-state index in [0.29, 0.717) is 16.3 Å². The molecule has 0 atom stereocenters. The number of anilines is 1. The van der Waals surface area contributed by atoms with Crippen molar-refractivity contribution in [2.24, 2.45) is 0 Å². The summed E-state index contributed by atoms with van der Waals surface area (Å²) >= 11 is 9.26. The summed E-state index contributed by atoms with van der Waals surface area (Å²) < 4.78 is 0.758. The maximum absolute atomic E-state index is 12.3. The Hall–Kier alpha value is -1.32. The SMILES string of the molecule is Cc1cccc(C)c1C(=O)Nc1ccc(Cl)c(Br)c1. The summed E-state index contributed by atoms with van der Waals surface area (Å²) in [5.41, 5.74) is 3.36. The van der Waals surface area contributed by atoms with Gasteiger partial charge in [-0.3, -0.25) is 4.79 Å². The van der Waals surface area contributed by atoms with Crippen LogP contribution < -0.4 is 5.32 Å². The zero-order chi connectivity index (χ0) is 14.0. The molecule has 0 aromatic heterocycles. The average Bonchev–Trinajstić information content (AvgIpc) is 2.33. The molecule has 4 heteroatoms. The van der Waals surface area contributed by atoms with Gasteiger partial charge in [-0.05, 0) is 59.1 Å². The van der Waals surface area contributed by atoms with Gasteiger partial charge in [0.05, 0.1) is 5.02 Å². The number of hydrogen-bond acceptors (Lipinski definition) is 1. The second-order valence-corrected chi connectivity index (χ2v) is 5.61. The first kappa shape index (κ1) is 14.1. The lowest BCUT2D eigenvalue weighted by molar-refractivity contribution is 0.102. The zero-order valence-corrected chi connectivity index (χ0v) is 13.0. The second-order valence-electron chi connectivity index (χ2n) is 4.35. The van der Waals surface area contributed by atoms with Crippen molar-refractivity contribution in [2.75, 3.05) is 5.32 Å². The van der Waals surface area contributed by atoms with Gasteiger partial charge in [-0.2, -0.15) is 0 Å². The highest BCUT2D eigenvalue weighted by Gasteiger charge is 2.12. The summed E-state index contributed by atoms with van der Waals surface area (Å²) in [6.07, 6.45) is 0. The fourth-order valence-electron chi connectivity index (χ4n) is 1.94. The number of rotatable bonds is 2. The predicted molar refractivity (Wildman–Crippen MR) is 83.0 cm³/mol. The lowest BCUT2D eigenvalue weighted by Gasteiger charge is -2.11. The molecule has 98 valence electrons. The van der Waals surface area contributed by atoms with Crippen molar-refractivity contribution in [3.63, 3.8) is 0 Å². The molecule has 2 aromatic rings. The van der Waals surface area contributed by atoms with E-state index in [9.17, 15) is 4.79 Å². The molecular formula is C15H13BrClNO. The van der Waals surface area contributed by atoms with Crippen molar-refractivity contribution in [3.8, 4) is 0 Å². The molecule has 0 aliphatic heterocycles. The number of nitrogens with one attached hydrogen (secondary N) is 1. The Labute approximate surface area is 125 Å². The Bertz CT molecular complexity index is 620. The highest BCUT2D eigenvalue weighted by atomic mass is 79.9. The summed E-state index contributed by atoms with van der Waals surface area (Å²) in [5.74, 6) is -0.107. The van der Waals surface area contributed by atoms with E-state index in [4.69, 9.17) is 11.6 Å². The third kappa shape index (κ3) is 3.17. The molecule has 19 heavy (non-hydrogen) atoms. The molecule has 0 saturated carbocycles. The van der Waals surface area contributed by atoms with Gasteiger partial charge in [-0.15, -0.1) is 0 Å². The third-order valence-corrected chi connectivity index (χ3v) is 4.10. The molecule has 2 nitrogen and oxygen atoms in total. The quantitative estimate of drug-likeness (QED) is 0.823. The van der Waals surface area contributed by atoms with Crippen LogP contribution in [0.25, 0.3) is 0 Å². The van der Waals surface area contributed by atoms with E-state index in [1.54, 1.807) is 18.2 Å². The molecular weight excluding hydrogens is 326 g/mol. The molecule has 0 spiro atoms. The van der Waals surface area contributed by atoms with Crippen molar-refractivity contribution in [1.29, 1.82) is 0 Å². The molecule has 0 aliphatic rings. The highest BCUT2D eigenvalue weighted by Crippen LogP contribution is 2.26. The Morgan fingerprint density at radius 1 is 1.16 bits per heavy atom. The maximum atomic E-state index is 12.3. The van der Waals surface area contributed by atoms with Crippen LogP contribution in [-0.2, 0) is 0 Å². The standard InChI is InChI=1S/C15H13BrClNO/c1-9-4-3-5-10(2)14(9)15(19)18-11-6-7-13(17)12(16)8-11/h3-8H,1-2H3,(H,18,19). The number of carbonyl (C=O) groups is 1. The molecule has 0 fully saturated rings.